The molecule has 5 nitrogen and oxygen atoms in total. The summed E-state index contributed by atoms with van der Waals surface area (Å²) in [6.45, 7) is 4.69. The lowest BCUT2D eigenvalue weighted by Gasteiger charge is -2.08. The van der Waals surface area contributed by atoms with Crippen molar-refractivity contribution >= 4 is 29.4 Å². The predicted octanol–water partition coefficient (Wildman–Crippen LogP) is 4.30. The van der Waals surface area contributed by atoms with Crippen LogP contribution in [-0.4, -0.2) is 24.4 Å². The number of nitrogens with one attached hydrogen (secondary N) is 2. The maximum absolute atomic E-state index is 12.2. The smallest absolute Gasteiger partial charge is 0.411 e. The van der Waals surface area contributed by atoms with E-state index in [1.165, 1.54) is 7.11 Å². The number of rotatable bonds is 6. The molecule has 0 radical (unpaired) electrons. The quantitative estimate of drug-likeness (QED) is 0.756. The van der Waals surface area contributed by atoms with E-state index in [1.54, 1.807) is 23.9 Å². The van der Waals surface area contributed by atoms with Gasteiger partial charge in [-0.2, -0.15) is 0 Å². The van der Waals surface area contributed by atoms with Crippen molar-refractivity contribution in [1.29, 1.82) is 0 Å². The van der Waals surface area contributed by atoms with Crippen LogP contribution in [0.15, 0.2) is 53.4 Å². The minimum atomic E-state index is -0.514. The van der Waals surface area contributed by atoms with Gasteiger partial charge in [0.15, 0.2) is 0 Å². The molecule has 0 aromatic heterocycles. The minimum Gasteiger partial charge on any atom is -0.453 e. The van der Waals surface area contributed by atoms with E-state index in [0.29, 0.717) is 23.0 Å². The zero-order valence-electron chi connectivity index (χ0n) is 14.5. The summed E-state index contributed by atoms with van der Waals surface area (Å²) in [5.41, 5.74) is 2.22. The molecule has 0 fully saturated rings. The predicted molar refractivity (Wildman–Crippen MR) is 101 cm³/mol. The van der Waals surface area contributed by atoms with Crippen molar-refractivity contribution in [2.24, 2.45) is 0 Å². The van der Waals surface area contributed by atoms with Gasteiger partial charge in [0.05, 0.1) is 7.11 Å². The standard InChI is InChI=1S/C19H22N2O3S/c1-13(2)25-17-10-6-15(7-11-17)18(22)20-12-14-4-8-16(9-5-14)21-19(23)24-3/h4-11,13H,12H2,1-3H3,(H,20,22)(H,21,23). The Hall–Kier alpha value is -2.47. The van der Waals surface area contributed by atoms with E-state index in [-0.39, 0.29) is 5.91 Å². The first-order valence-corrected chi connectivity index (χ1v) is 8.84. The number of amides is 2. The van der Waals surface area contributed by atoms with E-state index in [1.807, 2.05) is 36.4 Å². The number of hydrogen-bond donors (Lipinski definition) is 2. The third-order valence-corrected chi connectivity index (χ3v) is 4.34. The molecule has 6 heteroatoms. The fourth-order valence-electron chi connectivity index (χ4n) is 2.12. The summed E-state index contributed by atoms with van der Waals surface area (Å²) >= 11 is 1.77. The summed E-state index contributed by atoms with van der Waals surface area (Å²) in [6.07, 6.45) is -0.514. The van der Waals surface area contributed by atoms with Crippen molar-refractivity contribution < 1.29 is 14.3 Å². The van der Waals surface area contributed by atoms with E-state index < -0.39 is 6.09 Å². The second-order valence-corrected chi connectivity index (χ2v) is 7.34. The minimum absolute atomic E-state index is 0.113. The molecule has 132 valence electrons. The van der Waals surface area contributed by atoms with E-state index in [9.17, 15) is 9.59 Å². The molecule has 0 saturated carbocycles. The number of thioether (sulfide) groups is 1. The molecule has 2 rings (SSSR count). The van der Waals surface area contributed by atoms with Crippen LogP contribution in [0.3, 0.4) is 0 Å². The van der Waals surface area contributed by atoms with E-state index in [0.717, 1.165) is 10.5 Å². The Balaban J connectivity index is 1.88. The SMILES string of the molecule is COC(=O)Nc1ccc(CNC(=O)c2ccc(SC(C)C)cc2)cc1. The molecule has 2 N–H and O–H groups in total. The number of carbonyl (C=O) groups excluding carboxylic acids is 2. The van der Waals surface area contributed by atoms with Gasteiger partial charge in [-0.1, -0.05) is 26.0 Å². The average molecular weight is 358 g/mol. The molecule has 0 heterocycles. The van der Waals surface area contributed by atoms with Crippen LogP contribution >= 0.6 is 11.8 Å². The lowest BCUT2D eigenvalue weighted by atomic mass is 10.2. The third kappa shape index (κ3) is 6.15. The lowest BCUT2D eigenvalue weighted by Crippen LogP contribution is -2.22. The first kappa shape index (κ1) is 18.9. The Morgan fingerprint density at radius 2 is 1.68 bits per heavy atom. The highest BCUT2D eigenvalue weighted by atomic mass is 32.2. The van der Waals surface area contributed by atoms with Crippen molar-refractivity contribution in [3.63, 3.8) is 0 Å². The molecular formula is C19H22N2O3S. The molecule has 0 bridgehead atoms. The van der Waals surface area contributed by atoms with Crippen LogP contribution in [0.25, 0.3) is 0 Å². The summed E-state index contributed by atoms with van der Waals surface area (Å²) in [7, 11) is 1.31. The summed E-state index contributed by atoms with van der Waals surface area (Å²) < 4.78 is 4.53. The number of carbonyl (C=O) groups is 2. The fraction of sp³-hybridized carbons (Fsp3) is 0.263. The molecule has 0 unspecified atom stereocenters. The van der Waals surface area contributed by atoms with Crippen LogP contribution in [-0.2, 0) is 11.3 Å². The van der Waals surface area contributed by atoms with Crippen LogP contribution in [0, 0.1) is 0 Å². The van der Waals surface area contributed by atoms with E-state index >= 15 is 0 Å². The van der Waals surface area contributed by atoms with Gasteiger partial charge in [0.2, 0.25) is 0 Å². The Morgan fingerprint density at radius 3 is 2.24 bits per heavy atom. The monoisotopic (exact) mass is 358 g/mol. The van der Waals surface area contributed by atoms with Gasteiger partial charge in [0.1, 0.15) is 0 Å². The van der Waals surface area contributed by atoms with Crippen molar-refractivity contribution in [2.75, 3.05) is 12.4 Å². The first-order chi connectivity index (χ1) is 12.0. The highest BCUT2D eigenvalue weighted by Crippen LogP contribution is 2.22. The highest BCUT2D eigenvalue weighted by Gasteiger charge is 2.06. The van der Waals surface area contributed by atoms with Gasteiger partial charge in [-0.3, -0.25) is 10.1 Å². The van der Waals surface area contributed by atoms with Gasteiger partial charge in [-0.05, 0) is 42.0 Å². The number of ether oxygens (including phenoxy) is 1. The maximum Gasteiger partial charge on any atom is 0.411 e. The van der Waals surface area contributed by atoms with Gasteiger partial charge in [0, 0.05) is 27.9 Å². The number of anilines is 1. The third-order valence-electron chi connectivity index (χ3n) is 3.33. The van der Waals surface area contributed by atoms with Crippen molar-refractivity contribution in [3.8, 4) is 0 Å². The Bertz CT molecular complexity index is 712. The van der Waals surface area contributed by atoms with Crippen LogP contribution < -0.4 is 10.6 Å². The normalized spacial score (nSPS) is 10.4. The molecule has 2 amide bonds. The molecule has 0 aliphatic carbocycles. The Morgan fingerprint density at radius 1 is 1.04 bits per heavy atom. The van der Waals surface area contributed by atoms with Crippen molar-refractivity contribution in [1.82, 2.24) is 5.32 Å². The lowest BCUT2D eigenvalue weighted by molar-refractivity contribution is 0.0951. The van der Waals surface area contributed by atoms with Gasteiger partial charge in [0.25, 0.3) is 5.91 Å². The van der Waals surface area contributed by atoms with Crippen LogP contribution in [0.2, 0.25) is 0 Å². The number of hydrogen-bond acceptors (Lipinski definition) is 4. The molecular weight excluding hydrogens is 336 g/mol. The molecule has 0 aliphatic heterocycles. The van der Waals surface area contributed by atoms with Crippen LogP contribution in [0.1, 0.15) is 29.8 Å². The van der Waals surface area contributed by atoms with Gasteiger partial charge >= 0.3 is 6.09 Å². The fourth-order valence-corrected chi connectivity index (χ4v) is 2.95. The van der Waals surface area contributed by atoms with Gasteiger partial charge < -0.3 is 10.1 Å². The summed E-state index contributed by atoms with van der Waals surface area (Å²) in [6, 6.07) is 14.8. The molecule has 2 aromatic carbocycles. The summed E-state index contributed by atoms with van der Waals surface area (Å²) in [5, 5.41) is 5.98. The van der Waals surface area contributed by atoms with E-state index in [4.69, 9.17) is 0 Å². The van der Waals surface area contributed by atoms with Gasteiger partial charge in [-0.15, -0.1) is 11.8 Å². The zero-order chi connectivity index (χ0) is 18.2. The first-order valence-electron chi connectivity index (χ1n) is 7.96. The molecule has 0 atom stereocenters. The topological polar surface area (TPSA) is 67.4 Å². The summed E-state index contributed by atoms with van der Waals surface area (Å²) in [5.74, 6) is -0.113. The second-order valence-electron chi connectivity index (χ2n) is 5.69. The van der Waals surface area contributed by atoms with Crippen LogP contribution in [0.4, 0.5) is 10.5 Å². The molecule has 0 aliphatic rings. The van der Waals surface area contributed by atoms with Crippen LogP contribution in [0.5, 0.6) is 0 Å². The Kier molecular flexibility index (Phi) is 6.89. The van der Waals surface area contributed by atoms with Crippen molar-refractivity contribution in [3.05, 3.63) is 59.7 Å². The van der Waals surface area contributed by atoms with Gasteiger partial charge in [-0.25, -0.2) is 4.79 Å². The summed E-state index contributed by atoms with van der Waals surface area (Å²) in [4.78, 5) is 24.5. The largest absolute Gasteiger partial charge is 0.453 e. The maximum atomic E-state index is 12.2. The molecule has 0 spiro atoms. The highest BCUT2D eigenvalue weighted by molar-refractivity contribution is 7.99. The van der Waals surface area contributed by atoms with Crippen molar-refractivity contribution in [2.45, 2.75) is 30.5 Å². The Labute approximate surface area is 152 Å². The molecule has 25 heavy (non-hydrogen) atoms. The second kappa shape index (κ2) is 9.13. The average Bonchev–Trinajstić information content (AvgIpc) is 2.61. The number of methoxy groups -OCH3 is 1. The number of benzene rings is 2. The zero-order valence-corrected chi connectivity index (χ0v) is 15.4. The molecule has 2 aromatic rings. The van der Waals surface area contributed by atoms with E-state index in [2.05, 4.69) is 29.2 Å². The molecule has 0 saturated heterocycles.